The molecule has 2 aromatic heterocycles. The van der Waals surface area contributed by atoms with Gasteiger partial charge in [-0.25, -0.2) is 9.59 Å². The van der Waals surface area contributed by atoms with Crippen LogP contribution in [0.15, 0.2) is 71.8 Å². The number of rotatable bonds is 2. The van der Waals surface area contributed by atoms with Crippen molar-refractivity contribution in [3.8, 4) is 0 Å². The van der Waals surface area contributed by atoms with Crippen molar-refractivity contribution in [1.82, 2.24) is 9.55 Å². The first kappa shape index (κ1) is 16.5. The number of pyridine rings is 2. The van der Waals surface area contributed by atoms with Gasteiger partial charge in [-0.3, -0.25) is 14.3 Å². The van der Waals surface area contributed by atoms with Crippen LogP contribution in [0.4, 0.5) is 10.5 Å². The Morgan fingerprint density at radius 2 is 1.78 bits per heavy atom. The molecule has 0 saturated heterocycles. The number of aromatic nitrogens is 2. The Hall–Kier alpha value is -4.00. The number of carbonyl (C=O) groups excluding carboxylic acids is 1. The summed E-state index contributed by atoms with van der Waals surface area (Å²) in [5.74, 6) is -1.39. The third-order valence-corrected chi connectivity index (χ3v) is 4.20. The van der Waals surface area contributed by atoms with E-state index in [4.69, 9.17) is 0 Å². The molecule has 0 aliphatic heterocycles. The van der Waals surface area contributed by atoms with Crippen LogP contribution < -0.4 is 10.7 Å². The monoisotopic (exact) mass is 359 g/mol. The number of hydrogen-bond acceptors (Lipinski definition) is 4. The number of benzene rings is 2. The summed E-state index contributed by atoms with van der Waals surface area (Å²) in [6.45, 7) is 0. The quantitative estimate of drug-likeness (QED) is 0.572. The second-order valence-electron chi connectivity index (χ2n) is 5.91. The number of anilines is 1. The number of nitrogens with one attached hydrogen (secondary N) is 1. The summed E-state index contributed by atoms with van der Waals surface area (Å²) in [4.78, 5) is 40.8. The number of nitrogens with zero attached hydrogens (tertiary/aromatic N) is 2. The molecule has 2 aromatic carbocycles. The lowest BCUT2D eigenvalue weighted by atomic mass is 10.1. The second kappa shape index (κ2) is 6.38. The summed E-state index contributed by atoms with van der Waals surface area (Å²) >= 11 is 0. The van der Waals surface area contributed by atoms with Crippen LogP contribution in [-0.4, -0.2) is 26.7 Å². The van der Waals surface area contributed by atoms with Gasteiger partial charge in [-0.1, -0.05) is 30.3 Å². The van der Waals surface area contributed by atoms with Crippen LogP contribution >= 0.6 is 0 Å². The highest BCUT2D eigenvalue weighted by atomic mass is 16.4. The van der Waals surface area contributed by atoms with E-state index in [-0.39, 0.29) is 5.39 Å². The second-order valence-corrected chi connectivity index (χ2v) is 5.91. The van der Waals surface area contributed by atoms with E-state index in [9.17, 15) is 19.5 Å². The fourth-order valence-corrected chi connectivity index (χ4v) is 2.92. The molecule has 0 saturated carbocycles. The smallest absolute Gasteiger partial charge is 0.341 e. The zero-order chi connectivity index (χ0) is 19.0. The molecule has 4 aromatic rings. The number of carbonyl (C=O) groups is 2. The molecular formula is C20H13N3O4. The Bertz CT molecular complexity index is 1280. The largest absolute Gasteiger partial charge is 0.477 e. The van der Waals surface area contributed by atoms with Gasteiger partial charge in [-0.05, 0) is 24.3 Å². The molecule has 0 radical (unpaired) electrons. The SMILES string of the molecule is O=C(O)c1cn(C(=O)Nc2cnc3ccccc3c2)c2ccccc2c1=O. The van der Waals surface area contributed by atoms with E-state index in [1.807, 2.05) is 24.3 Å². The van der Waals surface area contributed by atoms with E-state index >= 15 is 0 Å². The topological polar surface area (TPSA) is 101 Å². The van der Waals surface area contributed by atoms with Crippen LogP contribution in [0.2, 0.25) is 0 Å². The van der Waals surface area contributed by atoms with Gasteiger partial charge >= 0.3 is 12.0 Å². The minimum atomic E-state index is -1.39. The molecule has 2 heterocycles. The van der Waals surface area contributed by atoms with Crippen LogP contribution in [0.1, 0.15) is 10.4 Å². The van der Waals surface area contributed by atoms with Gasteiger partial charge in [0.1, 0.15) is 5.56 Å². The van der Waals surface area contributed by atoms with Crippen LogP contribution in [0.3, 0.4) is 0 Å². The lowest BCUT2D eigenvalue weighted by molar-refractivity contribution is 0.0695. The first-order valence-corrected chi connectivity index (χ1v) is 8.08. The minimum absolute atomic E-state index is 0.157. The average Bonchev–Trinajstić information content (AvgIpc) is 2.68. The first-order valence-electron chi connectivity index (χ1n) is 8.08. The molecule has 0 atom stereocenters. The Labute approximate surface area is 152 Å². The number of amides is 1. The zero-order valence-electron chi connectivity index (χ0n) is 13.9. The third kappa shape index (κ3) is 2.91. The highest BCUT2D eigenvalue weighted by Gasteiger charge is 2.17. The standard InChI is InChI=1S/C20H13N3O4/c24-18-14-6-2-4-8-17(14)23(11-15(18)19(25)26)20(27)22-13-9-12-5-1-3-7-16(12)21-10-13/h1-11H,(H,22,27)(H,25,26). The van der Waals surface area contributed by atoms with E-state index in [0.717, 1.165) is 21.7 Å². The number of carboxylic acids is 1. The van der Waals surface area contributed by atoms with E-state index in [0.29, 0.717) is 11.2 Å². The van der Waals surface area contributed by atoms with Gasteiger partial charge in [0.15, 0.2) is 0 Å². The summed E-state index contributed by atoms with van der Waals surface area (Å²) in [7, 11) is 0. The van der Waals surface area contributed by atoms with Crippen LogP contribution in [0, 0.1) is 0 Å². The Morgan fingerprint density at radius 3 is 2.59 bits per heavy atom. The summed E-state index contributed by atoms with van der Waals surface area (Å²) in [6, 6.07) is 15.0. The zero-order valence-corrected chi connectivity index (χ0v) is 13.9. The van der Waals surface area contributed by atoms with Crippen molar-refractivity contribution in [2.45, 2.75) is 0 Å². The molecule has 0 aliphatic rings. The van der Waals surface area contributed by atoms with Gasteiger partial charge in [0.25, 0.3) is 0 Å². The summed E-state index contributed by atoms with van der Waals surface area (Å²) < 4.78 is 1.12. The minimum Gasteiger partial charge on any atom is -0.477 e. The molecule has 4 rings (SSSR count). The number of hydrogen-bond donors (Lipinski definition) is 2. The summed E-state index contributed by atoms with van der Waals surface area (Å²) in [5, 5.41) is 13.0. The molecule has 2 N–H and O–H groups in total. The number of para-hydroxylation sites is 2. The van der Waals surface area contributed by atoms with Gasteiger partial charge in [-0.2, -0.15) is 0 Å². The lowest BCUT2D eigenvalue weighted by Gasteiger charge is -2.12. The van der Waals surface area contributed by atoms with Crippen molar-refractivity contribution in [3.63, 3.8) is 0 Å². The molecule has 132 valence electrons. The lowest BCUT2D eigenvalue weighted by Crippen LogP contribution is -2.25. The van der Waals surface area contributed by atoms with Crippen molar-refractivity contribution >= 4 is 39.5 Å². The normalized spacial score (nSPS) is 10.8. The van der Waals surface area contributed by atoms with Crippen LogP contribution in [0.5, 0.6) is 0 Å². The number of aromatic carboxylic acids is 1. The van der Waals surface area contributed by atoms with Crippen molar-refractivity contribution in [1.29, 1.82) is 0 Å². The van der Waals surface area contributed by atoms with Crippen molar-refractivity contribution < 1.29 is 14.7 Å². The summed E-state index contributed by atoms with van der Waals surface area (Å²) in [6.07, 6.45) is 2.56. The fourth-order valence-electron chi connectivity index (χ4n) is 2.92. The molecule has 7 nitrogen and oxygen atoms in total. The highest BCUT2D eigenvalue weighted by Crippen LogP contribution is 2.17. The number of fused-ring (bicyclic) bond motifs is 2. The van der Waals surface area contributed by atoms with Gasteiger partial charge < -0.3 is 10.4 Å². The maximum Gasteiger partial charge on any atom is 0.341 e. The molecule has 0 unspecified atom stereocenters. The van der Waals surface area contributed by atoms with Crippen LogP contribution in [-0.2, 0) is 0 Å². The molecule has 7 heteroatoms. The predicted molar refractivity (Wildman–Crippen MR) is 101 cm³/mol. The molecule has 0 bridgehead atoms. The Balaban J connectivity index is 1.81. The third-order valence-electron chi connectivity index (χ3n) is 4.20. The van der Waals surface area contributed by atoms with E-state index in [1.165, 1.54) is 12.3 Å². The highest BCUT2D eigenvalue weighted by molar-refractivity contribution is 6.01. The summed E-state index contributed by atoms with van der Waals surface area (Å²) in [5.41, 5.74) is 0.463. The first-order chi connectivity index (χ1) is 13.0. The molecular weight excluding hydrogens is 346 g/mol. The van der Waals surface area contributed by atoms with Crippen LogP contribution in [0.25, 0.3) is 21.8 Å². The van der Waals surface area contributed by atoms with E-state index in [1.54, 1.807) is 24.3 Å². The van der Waals surface area contributed by atoms with Crippen molar-refractivity contribution in [3.05, 3.63) is 82.8 Å². The Morgan fingerprint density at radius 1 is 1.04 bits per heavy atom. The van der Waals surface area contributed by atoms with Gasteiger partial charge in [0.2, 0.25) is 5.43 Å². The molecule has 0 fully saturated rings. The van der Waals surface area contributed by atoms with Gasteiger partial charge in [-0.15, -0.1) is 0 Å². The molecule has 27 heavy (non-hydrogen) atoms. The maximum absolute atomic E-state index is 12.8. The van der Waals surface area contributed by atoms with Gasteiger partial charge in [0, 0.05) is 17.0 Å². The predicted octanol–water partition coefficient (Wildman–Crippen LogP) is 3.33. The van der Waals surface area contributed by atoms with Crippen molar-refractivity contribution in [2.24, 2.45) is 0 Å². The van der Waals surface area contributed by atoms with Gasteiger partial charge in [0.05, 0.1) is 22.9 Å². The number of carboxylic acid groups (broad SMARTS) is 1. The molecule has 0 spiro atoms. The van der Waals surface area contributed by atoms with E-state index < -0.39 is 23.0 Å². The molecule has 0 aliphatic carbocycles. The Kier molecular flexibility index (Phi) is 3.89. The van der Waals surface area contributed by atoms with E-state index in [2.05, 4.69) is 10.3 Å². The fraction of sp³-hybridized carbons (Fsp3) is 0. The van der Waals surface area contributed by atoms with Crippen molar-refractivity contribution in [2.75, 3.05) is 5.32 Å². The maximum atomic E-state index is 12.8. The molecule has 1 amide bonds. The average molecular weight is 359 g/mol.